The van der Waals surface area contributed by atoms with E-state index < -0.39 is 13.0 Å². The number of hydrogen-bond acceptors (Lipinski definition) is 4. The Morgan fingerprint density at radius 2 is 2.21 bits per heavy atom. The summed E-state index contributed by atoms with van der Waals surface area (Å²) in [5.41, 5.74) is 6.61. The van der Waals surface area contributed by atoms with E-state index in [1.54, 1.807) is 18.2 Å². The number of nitrogens with two attached hydrogens (primary N) is 1. The lowest BCUT2D eigenvalue weighted by Gasteiger charge is -2.09. The van der Waals surface area contributed by atoms with Crippen LogP contribution in [-0.4, -0.2) is 32.7 Å². The molecule has 3 N–H and O–H groups in total. The maximum absolute atomic E-state index is 11.8. The Kier molecular flexibility index (Phi) is 6.01. The zero-order valence-corrected chi connectivity index (χ0v) is 10.5. The van der Waals surface area contributed by atoms with E-state index in [2.05, 4.69) is 10.1 Å². The number of amides is 1. The Labute approximate surface area is 109 Å². The fraction of sp³-hybridized carbons (Fsp3) is 0.417. The molecule has 0 saturated heterocycles. The molecule has 5 nitrogen and oxygen atoms in total. The van der Waals surface area contributed by atoms with Crippen LogP contribution in [0.25, 0.3) is 0 Å². The Hall–Kier alpha value is -1.89. The zero-order chi connectivity index (χ0) is 14.3. The number of anilines is 2. The molecule has 0 heterocycles. The van der Waals surface area contributed by atoms with Crippen molar-refractivity contribution in [2.75, 3.05) is 31.4 Å². The van der Waals surface area contributed by atoms with E-state index >= 15 is 0 Å². The number of carbonyl (C=O) groups excluding carboxylic acids is 1. The molecule has 1 rings (SSSR count). The molecule has 7 heteroatoms. The van der Waals surface area contributed by atoms with Crippen molar-refractivity contribution in [3.05, 3.63) is 18.2 Å². The molecule has 0 aliphatic heterocycles. The number of alkyl halides is 2. The van der Waals surface area contributed by atoms with Crippen LogP contribution in [0, 0.1) is 0 Å². The third-order valence-electron chi connectivity index (χ3n) is 2.23. The summed E-state index contributed by atoms with van der Waals surface area (Å²) in [7, 11) is 1.47. The van der Waals surface area contributed by atoms with Crippen molar-refractivity contribution < 1.29 is 23.0 Å². The lowest BCUT2D eigenvalue weighted by atomic mass is 10.2. The SMILES string of the molecule is COc1cc(NC(=O)CCOCC(F)F)ccc1N. The molecule has 0 spiro atoms. The fourth-order valence-electron chi connectivity index (χ4n) is 1.35. The molecule has 0 atom stereocenters. The number of nitrogens with one attached hydrogen (secondary N) is 1. The molecule has 0 radical (unpaired) electrons. The summed E-state index contributed by atoms with van der Waals surface area (Å²) in [5, 5.41) is 2.59. The lowest BCUT2D eigenvalue weighted by Crippen LogP contribution is -2.15. The highest BCUT2D eigenvalue weighted by atomic mass is 19.3. The predicted molar refractivity (Wildman–Crippen MR) is 67.5 cm³/mol. The van der Waals surface area contributed by atoms with Crippen molar-refractivity contribution in [2.24, 2.45) is 0 Å². The largest absolute Gasteiger partial charge is 0.495 e. The Morgan fingerprint density at radius 3 is 2.84 bits per heavy atom. The average Bonchev–Trinajstić information content (AvgIpc) is 2.37. The van der Waals surface area contributed by atoms with Crippen LogP contribution in [0.5, 0.6) is 5.75 Å². The van der Waals surface area contributed by atoms with E-state index in [0.29, 0.717) is 17.1 Å². The first-order chi connectivity index (χ1) is 9.02. The molecule has 0 aliphatic rings. The topological polar surface area (TPSA) is 73.6 Å². The summed E-state index contributed by atoms with van der Waals surface area (Å²) in [4.78, 5) is 11.5. The quantitative estimate of drug-likeness (QED) is 0.588. The Balaban J connectivity index is 2.40. The molecular weight excluding hydrogens is 258 g/mol. The first kappa shape index (κ1) is 15.2. The summed E-state index contributed by atoms with van der Waals surface area (Å²) in [6, 6.07) is 4.80. The van der Waals surface area contributed by atoms with Gasteiger partial charge in [-0.05, 0) is 12.1 Å². The molecule has 1 aromatic carbocycles. The van der Waals surface area contributed by atoms with Gasteiger partial charge >= 0.3 is 0 Å². The summed E-state index contributed by atoms with van der Waals surface area (Å²) in [5.74, 6) is 0.118. The van der Waals surface area contributed by atoms with Crippen LogP contribution in [0.2, 0.25) is 0 Å². The zero-order valence-electron chi connectivity index (χ0n) is 10.5. The normalized spacial score (nSPS) is 10.5. The molecule has 106 valence electrons. The molecule has 0 bridgehead atoms. The number of rotatable bonds is 7. The number of benzene rings is 1. The van der Waals surface area contributed by atoms with Gasteiger partial charge in [0.2, 0.25) is 5.91 Å². The molecule has 0 aliphatic carbocycles. The van der Waals surface area contributed by atoms with Gasteiger partial charge in [0.15, 0.2) is 0 Å². The molecule has 0 saturated carbocycles. The maximum Gasteiger partial charge on any atom is 0.261 e. The highest BCUT2D eigenvalue weighted by molar-refractivity contribution is 5.91. The molecule has 0 aromatic heterocycles. The van der Waals surface area contributed by atoms with Crippen LogP contribution in [0.1, 0.15) is 6.42 Å². The number of hydrogen-bond donors (Lipinski definition) is 2. The first-order valence-corrected chi connectivity index (χ1v) is 5.62. The van der Waals surface area contributed by atoms with Crippen LogP contribution >= 0.6 is 0 Å². The third kappa shape index (κ3) is 5.52. The molecule has 0 fully saturated rings. The molecule has 19 heavy (non-hydrogen) atoms. The van der Waals surface area contributed by atoms with Gasteiger partial charge < -0.3 is 20.5 Å². The smallest absolute Gasteiger partial charge is 0.261 e. The minimum atomic E-state index is -2.52. The minimum absolute atomic E-state index is 0.000583. The number of ether oxygens (including phenoxy) is 2. The van der Waals surface area contributed by atoms with Gasteiger partial charge in [0.1, 0.15) is 12.4 Å². The second kappa shape index (κ2) is 7.52. The fourth-order valence-corrected chi connectivity index (χ4v) is 1.35. The average molecular weight is 274 g/mol. The first-order valence-electron chi connectivity index (χ1n) is 5.62. The van der Waals surface area contributed by atoms with E-state index in [-0.39, 0.29) is 18.9 Å². The molecule has 1 amide bonds. The number of halogens is 2. The second-order valence-corrected chi connectivity index (χ2v) is 3.72. The van der Waals surface area contributed by atoms with Crippen LogP contribution < -0.4 is 15.8 Å². The van der Waals surface area contributed by atoms with Crippen molar-refractivity contribution in [3.8, 4) is 5.75 Å². The van der Waals surface area contributed by atoms with Crippen molar-refractivity contribution in [2.45, 2.75) is 12.8 Å². The third-order valence-corrected chi connectivity index (χ3v) is 2.23. The summed E-state index contributed by atoms with van der Waals surface area (Å²) < 4.78 is 33.2. The lowest BCUT2D eigenvalue weighted by molar-refractivity contribution is -0.117. The van der Waals surface area contributed by atoms with E-state index in [9.17, 15) is 13.6 Å². The van der Waals surface area contributed by atoms with Gasteiger partial charge in [0, 0.05) is 11.8 Å². The van der Waals surface area contributed by atoms with Gasteiger partial charge in [0.05, 0.1) is 25.8 Å². The molecule has 1 aromatic rings. The summed E-state index contributed by atoms with van der Waals surface area (Å²) >= 11 is 0. The van der Waals surface area contributed by atoms with Crippen LogP contribution in [0.3, 0.4) is 0 Å². The second-order valence-electron chi connectivity index (χ2n) is 3.72. The van der Waals surface area contributed by atoms with Gasteiger partial charge in [-0.25, -0.2) is 8.78 Å². The standard InChI is InChI=1S/C12H16F2N2O3/c1-18-10-6-8(2-3-9(10)15)16-12(17)4-5-19-7-11(13)14/h2-3,6,11H,4-5,7,15H2,1H3,(H,16,17). The monoisotopic (exact) mass is 274 g/mol. The van der Waals surface area contributed by atoms with Gasteiger partial charge in [0.25, 0.3) is 6.43 Å². The van der Waals surface area contributed by atoms with Crippen LogP contribution in [-0.2, 0) is 9.53 Å². The molecule has 0 unspecified atom stereocenters. The van der Waals surface area contributed by atoms with Crippen molar-refractivity contribution in [1.29, 1.82) is 0 Å². The van der Waals surface area contributed by atoms with Gasteiger partial charge in [-0.2, -0.15) is 0 Å². The minimum Gasteiger partial charge on any atom is -0.495 e. The number of methoxy groups -OCH3 is 1. The van der Waals surface area contributed by atoms with Crippen molar-refractivity contribution in [3.63, 3.8) is 0 Å². The highest BCUT2D eigenvalue weighted by Gasteiger charge is 2.07. The van der Waals surface area contributed by atoms with Crippen LogP contribution in [0.15, 0.2) is 18.2 Å². The summed E-state index contributed by atoms with van der Waals surface area (Å²) in [6.45, 7) is -0.717. The van der Waals surface area contributed by atoms with Crippen molar-refractivity contribution in [1.82, 2.24) is 0 Å². The highest BCUT2D eigenvalue weighted by Crippen LogP contribution is 2.24. The van der Waals surface area contributed by atoms with Crippen LogP contribution in [0.4, 0.5) is 20.2 Å². The number of carbonyl (C=O) groups is 1. The van der Waals surface area contributed by atoms with Gasteiger partial charge in [-0.3, -0.25) is 4.79 Å². The molecular formula is C12H16F2N2O3. The maximum atomic E-state index is 11.8. The van der Waals surface area contributed by atoms with E-state index in [0.717, 1.165) is 0 Å². The number of nitrogen functional groups attached to an aromatic ring is 1. The van der Waals surface area contributed by atoms with E-state index in [1.165, 1.54) is 7.11 Å². The Bertz CT molecular complexity index is 427. The Morgan fingerprint density at radius 1 is 1.47 bits per heavy atom. The van der Waals surface area contributed by atoms with Crippen molar-refractivity contribution >= 4 is 17.3 Å². The van der Waals surface area contributed by atoms with E-state index in [1.807, 2.05) is 0 Å². The predicted octanol–water partition coefficient (Wildman–Crippen LogP) is 1.89. The van der Waals surface area contributed by atoms with Gasteiger partial charge in [-0.1, -0.05) is 0 Å². The van der Waals surface area contributed by atoms with Gasteiger partial charge in [-0.15, -0.1) is 0 Å². The summed E-state index contributed by atoms with van der Waals surface area (Å²) in [6.07, 6.45) is -2.52. The van der Waals surface area contributed by atoms with E-state index in [4.69, 9.17) is 10.5 Å².